The van der Waals surface area contributed by atoms with Gasteiger partial charge in [-0.05, 0) is 66.8 Å². The van der Waals surface area contributed by atoms with Gasteiger partial charge in [0.15, 0.2) is 17.3 Å². The maximum Gasteiger partial charge on any atom is 0.290 e. The molecule has 1 fully saturated rings. The lowest BCUT2D eigenvalue weighted by Crippen LogP contribution is -2.46. The van der Waals surface area contributed by atoms with Gasteiger partial charge in [0.05, 0.1) is 27.6 Å². The number of benzene rings is 2. The van der Waals surface area contributed by atoms with Crippen LogP contribution in [-0.4, -0.2) is 50.6 Å². The van der Waals surface area contributed by atoms with Crippen molar-refractivity contribution in [3.8, 4) is 17.2 Å². The van der Waals surface area contributed by atoms with E-state index in [2.05, 4.69) is 5.32 Å². The van der Waals surface area contributed by atoms with Gasteiger partial charge in [-0.1, -0.05) is 31.0 Å². The second-order valence-corrected chi connectivity index (χ2v) is 9.08. The largest absolute Gasteiger partial charge is 0.497 e. The first-order chi connectivity index (χ1) is 18.0. The van der Waals surface area contributed by atoms with Crippen molar-refractivity contribution in [1.29, 1.82) is 0 Å². The van der Waals surface area contributed by atoms with E-state index in [4.69, 9.17) is 18.6 Å². The first-order valence-corrected chi connectivity index (χ1v) is 12.5. The summed E-state index contributed by atoms with van der Waals surface area (Å²) in [6.07, 6.45) is 6.00. The molecule has 1 heterocycles. The number of carbonyl (C=O) groups excluding carboxylic acids is 2. The van der Waals surface area contributed by atoms with Gasteiger partial charge >= 0.3 is 0 Å². The Bertz CT molecular complexity index is 1190. The molecule has 1 aromatic heterocycles. The topological polar surface area (TPSA) is 90.2 Å². The van der Waals surface area contributed by atoms with E-state index in [1.165, 1.54) is 6.26 Å². The number of rotatable bonds is 11. The number of nitrogens with zero attached hydrogens (tertiary/aromatic N) is 1. The molecule has 8 heteroatoms. The smallest absolute Gasteiger partial charge is 0.290 e. The van der Waals surface area contributed by atoms with Gasteiger partial charge in [0.1, 0.15) is 11.8 Å². The molecule has 0 bridgehead atoms. The summed E-state index contributed by atoms with van der Waals surface area (Å²) in [5.74, 6) is 1.44. The average molecular weight is 507 g/mol. The quantitative estimate of drug-likeness (QED) is 0.402. The van der Waals surface area contributed by atoms with Crippen LogP contribution in [0, 0.1) is 0 Å². The number of nitrogens with one attached hydrogen (secondary N) is 1. The van der Waals surface area contributed by atoms with E-state index < -0.39 is 6.04 Å². The summed E-state index contributed by atoms with van der Waals surface area (Å²) in [7, 11) is 4.75. The average Bonchev–Trinajstić information content (AvgIpc) is 3.65. The minimum absolute atomic E-state index is 0.104. The lowest BCUT2D eigenvalue weighted by Gasteiger charge is -2.32. The van der Waals surface area contributed by atoms with Crippen molar-refractivity contribution in [2.75, 3.05) is 27.9 Å². The molecule has 0 aliphatic heterocycles. The predicted octanol–water partition coefficient (Wildman–Crippen LogP) is 4.79. The minimum Gasteiger partial charge on any atom is -0.497 e. The van der Waals surface area contributed by atoms with Gasteiger partial charge in [-0.3, -0.25) is 9.59 Å². The van der Waals surface area contributed by atoms with Gasteiger partial charge in [0, 0.05) is 12.6 Å². The number of furan rings is 1. The van der Waals surface area contributed by atoms with E-state index in [0.29, 0.717) is 29.2 Å². The van der Waals surface area contributed by atoms with Crippen LogP contribution in [0.15, 0.2) is 65.3 Å². The number of hydrogen-bond acceptors (Lipinski definition) is 6. The fourth-order valence-electron chi connectivity index (χ4n) is 4.81. The number of ether oxygens (including phenoxy) is 3. The fraction of sp³-hybridized carbons (Fsp3) is 0.379. The summed E-state index contributed by atoms with van der Waals surface area (Å²) >= 11 is 0. The normalized spacial score (nSPS) is 14.1. The second-order valence-electron chi connectivity index (χ2n) is 9.08. The molecular formula is C29H34N2O6. The Morgan fingerprint density at radius 1 is 0.973 bits per heavy atom. The third-order valence-electron chi connectivity index (χ3n) is 6.75. The molecule has 196 valence electrons. The highest BCUT2D eigenvalue weighted by molar-refractivity contribution is 5.96. The molecule has 1 saturated carbocycles. The summed E-state index contributed by atoms with van der Waals surface area (Å²) in [5, 5.41) is 3.19. The monoisotopic (exact) mass is 506 g/mol. The third-order valence-corrected chi connectivity index (χ3v) is 6.75. The van der Waals surface area contributed by atoms with Crippen molar-refractivity contribution in [2.45, 2.75) is 44.2 Å². The molecule has 4 rings (SSSR count). The van der Waals surface area contributed by atoms with Crippen LogP contribution in [0.3, 0.4) is 0 Å². The van der Waals surface area contributed by atoms with Crippen LogP contribution in [0.5, 0.6) is 17.2 Å². The Morgan fingerprint density at radius 3 is 2.43 bits per heavy atom. The number of hydrogen-bond donors (Lipinski definition) is 1. The van der Waals surface area contributed by atoms with Crippen molar-refractivity contribution >= 4 is 11.8 Å². The molecule has 2 aromatic carbocycles. The fourth-order valence-corrected chi connectivity index (χ4v) is 4.81. The second kappa shape index (κ2) is 12.3. The zero-order valence-corrected chi connectivity index (χ0v) is 21.6. The molecule has 8 nitrogen and oxygen atoms in total. The molecule has 1 aliphatic carbocycles. The van der Waals surface area contributed by atoms with E-state index in [-0.39, 0.29) is 30.2 Å². The van der Waals surface area contributed by atoms with Crippen molar-refractivity contribution < 1.29 is 28.2 Å². The Hall–Kier alpha value is -3.94. The first kappa shape index (κ1) is 26.1. The highest BCUT2D eigenvalue weighted by atomic mass is 16.5. The van der Waals surface area contributed by atoms with Gasteiger partial charge in [-0.25, -0.2) is 0 Å². The Kier molecular flexibility index (Phi) is 8.72. The maximum absolute atomic E-state index is 13.8. The molecule has 3 aromatic rings. The highest BCUT2D eigenvalue weighted by Crippen LogP contribution is 2.30. The van der Waals surface area contributed by atoms with Gasteiger partial charge in [-0.2, -0.15) is 0 Å². The van der Waals surface area contributed by atoms with Gasteiger partial charge < -0.3 is 28.8 Å². The first-order valence-electron chi connectivity index (χ1n) is 12.5. The van der Waals surface area contributed by atoms with Crippen LogP contribution in [0.25, 0.3) is 0 Å². The molecule has 2 amide bonds. The SMILES string of the molecule is COc1cccc([C@@H](C(=O)NC2CCCC2)N(CCc2ccc(OC)c(OC)c2)C(=O)c2ccco2)c1. The van der Waals surface area contributed by atoms with Crippen LogP contribution >= 0.6 is 0 Å². The van der Waals surface area contributed by atoms with Crippen LogP contribution in [0.2, 0.25) is 0 Å². The Morgan fingerprint density at radius 2 is 1.76 bits per heavy atom. The molecule has 1 atom stereocenters. The summed E-state index contributed by atoms with van der Waals surface area (Å²) < 4.78 is 21.7. The van der Waals surface area contributed by atoms with Crippen molar-refractivity contribution in [3.05, 3.63) is 77.7 Å². The number of amides is 2. The van der Waals surface area contributed by atoms with Gasteiger partial charge in [-0.15, -0.1) is 0 Å². The van der Waals surface area contributed by atoms with Gasteiger partial charge in [0.2, 0.25) is 5.91 Å². The van der Waals surface area contributed by atoms with E-state index in [1.54, 1.807) is 44.4 Å². The van der Waals surface area contributed by atoms with Crippen molar-refractivity contribution in [2.24, 2.45) is 0 Å². The molecule has 1 N–H and O–H groups in total. The summed E-state index contributed by atoms with van der Waals surface area (Å²) in [4.78, 5) is 29.1. The summed E-state index contributed by atoms with van der Waals surface area (Å²) in [5.41, 5.74) is 1.61. The van der Waals surface area contributed by atoms with Crippen molar-refractivity contribution in [3.63, 3.8) is 0 Å². The van der Waals surface area contributed by atoms with Crippen LogP contribution in [-0.2, 0) is 11.2 Å². The van der Waals surface area contributed by atoms with E-state index in [9.17, 15) is 9.59 Å². The van der Waals surface area contributed by atoms with E-state index in [1.807, 2.05) is 36.4 Å². The Balaban J connectivity index is 1.69. The minimum atomic E-state index is -0.867. The summed E-state index contributed by atoms with van der Waals surface area (Å²) in [6.45, 7) is 0.273. The molecule has 37 heavy (non-hydrogen) atoms. The third kappa shape index (κ3) is 6.25. The summed E-state index contributed by atoms with van der Waals surface area (Å²) in [6, 6.07) is 15.5. The van der Waals surface area contributed by atoms with E-state index >= 15 is 0 Å². The molecule has 0 saturated heterocycles. The zero-order valence-electron chi connectivity index (χ0n) is 21.6. The van der Waals surface area contributed by atoms with E-state index in [0.717, 1.165) is 31.2 Å². The number of carbonyl (C=O) groups is 2. The molecule has 0 unspecified atom stereocenters. The Labute approximate surface area is 217 Å². The standard InChI is InChI=1S/C29H34N2O6/c1-34-23-11-6-8-21(19-23)27(28(32)30-22-9-4-5-10-22)31(29(33)25-12-7-17-37-25)16-15-20-13-14-24(35-2)26(18-20)36-3/h6-8,11-14,17-19,22,27H,4-5,9-10,15-16H2,1-3H3,(H,30,32)/t27-/m0/s1. The molecule has 0 radical (unpaired) electrons. The molecule has 1 aliphatic rings. The van der Waals surface area contributed by atoms with Crippen LogP contribution < -0.4 is 19.5 Å². The zero-order chi connectivity index (χ0) is 26.2. The molecular weight excluding hydrogens is 472 g/mol. The number of methoxy groups -OCH3 is 3. The van der Waals surface area contributed by atoms with Crippen molar-refractivity contribution in [1.82, 2.24) is 10.2 Å². The van der Waals surface area contributed by atoms with Crippen LogP contribution in [0.4, 0.5) is 0 Å². The lowest BCUT2D eigenvalue weighted by atomic mass is 10.0. The van der Waals surface area contributed by atoms with Gasteiger partial charge in [0.25, 0.3) is 5.91 Å². The van der Waals surface area contributed by atoms with Crippen LogP contribution in [0.1, 0.15) is 53.4 Å². The predicted molar refractivity (Wildman–Crippen MR) is 139 cm³/mol. The highest BCUT2D eigenvalue weighted by Gasteiger charge is 2.34. The maximum atomic E-state index is 13.8. The molecule has 0 spiro atoms. The lowest BCUT2D eigenvalue weighted by molar-refractivity contribution is -0.126.